The summed E-state index contributed by atoms with van der Waals surface area (Å²) in [6, 6.07) is 0. The summed E-state index contributed by atoms with van der Waals surface area (Å²) >= 11 is 2.42. The molecule has 2 aromatic heterocycles. The highest BCUT2D eigenvalue weighted by atomic mass is 32.2. The van der Waals surface area contributed by atoms with E-state index in [4.69, 9.17) is 10.8 Å². The van der Waals surface area contributed by atoms with E-state index in [0.29, 0.717) is 15.3 Å². The number of carboxylic acid groups (broad SMARTS) is 1. The molecule has 0 aliphatic rings. The van der Waals surface area contributed by atoms with Gasteiger partial charge in [0, 0.05) is 7.05 Å². The second-order valence-corrected chi connectivity index (χ2v) is 5.06. The lowest BCUT2D eigenvalue weighted by Crippen LogP contribution is -2.00. The number of imidazole rings is 1. The minimum atomic E-state index is -0.875. The number of aromatic nitrogens is 4. The van der Waals surface area contributed by atoms with Crippen molar-refractivity contribution in [1.29, 1.82) is 0 Å². The van der Waals surface area contributed by atoms with Gasteiger partial charge in [-0.1, -0.05) is 23.1 Å². The first-order chi connectivity index (χ1) is 8.08. The van der Waals surface area contributed by atoms with Gasteiger partial charge in [0.05, 0.1) is 17.6 Å². The van der Waals surface area contributed by atoms with E-state index in [2.05, 4.69) is 15.2 Å². The lowest BCUT2D eigenvalue weighted by molar-refractivity contribution is -0.133. The third kappa shape index (κ3) is 2.56. The first kappa shape index (κ1) is 11.9. The molecule has 90 valence electrons. The van der Waals surface area contributed by atoms with E-state index in [1.807, 2.05) is 0 Å². The van der Waals surface area contributed by atoms with Crippen molar-refractivity contribution in [3.8, 4) is 10.7 Å². The van der Waals surface area contributed by atoms with E-state index in [1.54, 1.807) is 17.8 Å². The van der Waals surface area contributed by atoms with E-state index in [9.17, 15) is 4.79 Å². The molecule has 2 heterocycles. The minimum absolute atomic E-state index is 0.0252. The molecule has 0 amide bonds. The first-order valence-electron chi connectivity index (χ1n) is 4.53. The fourth-order valence-electron chi connectivity index (χ4n) is 1.19. The molecule has 2 rings (SSSR count). The summed E-state index contributed by atoms with van der Waals surface area (Å²) in [6.45, 7) is 0. The molecular weight excluding hydrogens is 262 g/mol. The number of hydrogen-bond acceptors (Lipinski definition) is 7. The molecule has 9 heteroatoms. The van der Waals surface area contributed by atoms with Gasteiger partial charge >= 0.3 is 5.97 Å². The standard InChI is InChI=1S/C8H9N5O2S2/c1-13-4(6-11-12-7(9)17-6)2-10-8(13)16-3-5(14)15/h2H,3H2,1H3,(H2,9,12)(H,14,15). The Morgan fingerprint density at radius 2 is 2.41 bits per heavy atom. The number of carbonyl (C=O) groups is 1. The number of aliphatic carboxylic acids is 1. The van der Waals surface area contributed by atoms with Crippen LogP contribution in [0.5, 0.6) is 0 Å². The SMILES string of the molecule is Cn1c(-c2nnc(N)s2)cnc1SCC(=O)O. The number of anilines is 1. The third-order valence-electron chi connectivity index (χ3n) is 1.93. The smallest absolute Gasteiger partial charge is 0.313 e. The van der Waals surface area contributed by atoms with Crippen LogP contribution in [0.2, 0.25) is 0 Å². The summed E-state index contributed by atoms with van der Waals surface area (Å²) in [5.41, 5.74) is 6.27. The van der Waals surface area contributed by atoms with Crippen LogP contribution in [0, 0.1) is 0 Å². The van der Waals surface area contributed by atoms with Crippen LogP contribution in [0.15, 0.2) is 11.4 Å². The molecule has 0 unspecified atom stereocenters. The molecule has 3 N–H and O–H groups in total. The van der Waals surface area contributed by atoms with Crippen LogP contribution in [-0.4, -0.2) is 36.6 Å². The largest absolute Gasteiger partial charge is 0.481 e. The summed E-state index contributed by atoms with van der Waals surface area (Å²) in [7, 11) is 1.80. The van der Waals surface area contributed by atoms with Crippen molar-refractivity contribution in [3.05, 3.63) is 6.20 Å². The maximum atomic E-state index is 10.5. The molecule has 0 saturated carbocycles. The van der Waals surface area contributed by atoms with Gasteiger partial charge in [-0.2, -0.15) is 0 Å². The monoisotopic (exact) mass is 271 g/mol. The number of rotatable bonds is 4. The molecule has 0 bridgehead atoms. The van der Waals surface area contributed by atoms with Gasteiger partial charge in [-0.05, 0) is 0 Å². The molecular formula is C8H9N5O2S2. The number of thioether (sulfide) groups is 1. The van der Waals surface area contributed by atoms with E-state index >= 15 is 0 Å². The summed E-state index contributed by atoms with van der Waals surface area (Å²) in [5.74, 6) is -0.901. The van der Waals surface area contributed by atoms with Gasteiger partial charge in [0.25, 0.3) is 0 Å². The van der Waals surface area contributed by atoms with Crippen LogP contribution in [0.25, 0.3) is 10.7 Å². The highest BCUT2D eigenvalue weighted by Gasteiger charge is 2.13. The molecule has 0 aromatic carbocycles. The Kier molecular flexibility index (Phi) is 3.29. The average molecular weight is 271 g/mol. The number of nitrogens with two attached hydrogens (primary N) is 1. The van der Waals surface area contributed by atoms with Crippen LogP contribution in [0.4, 0.5) is 5.13 Å². The average Bonchev–Trinajstić information content (AvgIpc) is 2.82. The Hall–Kier alpha value is -1.61. The van der Waals surface area contributed by atoms with Gasteiger partial charge in [-0.3, -0.25) is 4.79 Å². The van der Waals surface area contributed by atoms with Crippen LogP contribution >= 0.6 is 23.1 Å². The van der Waals surface area contributed by atoms with Crippen LogP contribution in [0.1, 0.15) is 0 Å². The van der Waals surface area contributed by atoms with E-state index in [0.717, 1.165) is 17.5 Å². The Morgan fingerprint density at radius 3 is 3.00 bits per heavy atom. The molecule has 0 spiro atoms. The van der Waals surface area contributed by atoms with Crippen molar-refractivity contribution in [2.75, 3.05) is 11.5 Å². The normalized spacial score (nSPS) is 10.6. The third-order valence-corrected chi connectivity index (χ3v) is 3.73. The second kappa shape index (κ2) is 4.72. The Morgan fingerprint density at radius 1 is 1.65 bits per heavy atom. The fraction of sp³-hybridized carbons (Fsp3) is 0.250. The van der Waals surface area contributed by atoms with Gasteiger partial charge in [0.2, 0.25) is 5.13 Å². The minimum Gasteiger partial charge on any atom is -0.481 e. The highest BCUT2D eigenvalue weighted by Crippen LogP contribution is 2.27. The molecule has 0 fully saturated rings. The Balaban J connectivity index is 2.23. The van der Waals surface area contributed by atoms with Crippen LogP contribution < -0.4 is 5.73 Å². The molecule has 0 radical (unpaired) electrons. The van der Waals surface area contributed by atoms with Gasteiger partial charge in [0.1, 0.15) is 0 Å². The van der Waals surface area contributed by atoms with Gasteiger partial charge < -0.3 is 15.4 Å². The predicted molar refractivity (Wildman–Crippen MR) is 64.9 cm³/mol. The molecule has 0 atom stereocenters. The van der Waals surface area contributed by atoms with E-state index < -0.39 is 5.97 Å². The van der Waals surface area contributed by atoms with Crippen LogP contribution in [0.3, 0.4) is 0 Å². The summed E-state index contributed by atoms with van der Waals surface area (Å²) in [5, 5.41) is 17.9. The zero-order valence-corrected chi connectivity index (χ0v) is 10.5. The number of hydrogen-bond donors (Lipinski definition) is 2. The van der Waals surface area contributed by atoms with Crippen molar-refractivity contribution >= 4 is 34.2 Å². The maximum absolute atomic E-state index is 10.5. The van der Waals surface area contributed by atoms with Gasteiger partial charge in [-0.15, -0.1) is 10.2 Å². The molecule has 0 saturated heterocycles. The lowest BCUT2D eigenvalue weighted by atomic mass is 10.5. The molecule has 2 aromatic rings. The Labute approximate surface area is 105 Å². The van der Waals surface area contributed by atoms with Crippen molar-refractivity contribution in [3.63, 3.8) is 0 Å². The molecule has 17 heavy (non-hydrogen) atoms. The molecule has 0 aliphatic carbocycles. The van der Waals surface area contributed by atoms with Crippen molar-refractivity contribution in [1.82, 2.24) is 19.7 Å². The number of nitrogen functional groups attached to an aromatic ring is 1. The van der Waals surface area contributed by atoms with Crippen LogP contribution in [-0.2, 0) is 11.8 Å². The topological polar surface area (TPSA) is 107 Å². The second-order valence-electron chi connectivity index (χ2n) is 3.11. The maximum Gasteiger partial charge on any atom is 0.313 e. The van der Waals surface area contributed by atoms with Crippen molar-refractivity contribution in [2.45, 2.75) is 5.16 Å². The van der Waals surface area contributed by atoms with Gasteiger partial charge in [-0.25, -0.2) is 4.98 Å². The zero-order valence-electron chi connectivity index (χ0n) is 8.82. The molecule has 7 nitrogen and oxygen atoms in total. The first-order valence-corrected chi connectivity index (χ1v) is 6.34. The van der Waals surface area contributed by atoms with Crippen molar-refractivity contribution < 1.29 is 9.90 Å². The van der Waals surface area contributed by atoms with Crippen molar-refractivity contribution in [2.24, 2.45) is 7.05 Å². The van der Waals surface area contributed by atoms with Gasteiger partial charge in [0.15, 0.2) is 10.2 Å². The highest BCUT2D eigenvalue weighted by molar-refractivity contribution is 7.99. The van der Waals surface area contributed by atoms with E-state index in [1.165, 1.54) is 11.3 Å². The summed E-state index contributed by atoms with van der Waals surface area (Å²) in [6.07, 6.45) is 1.63. The summed E-state index contributed by atoms with van der Waals surface area (Å²) in [4.78, 5) is 14.6. The zero-order chi connectivity index (χ0) is 12.4. The quantitative estimate of drug-likeness (QED) is 0.788. The fourth-order valence-corrected chi connectivity index (χ4v) is 2.52. The lowest BCUT2D eigenvalue weighted by Gasteiger charge is -2.01. The summed E-state index contributed by atoms with van der Waals surface area (Å²) < 4.78 is 1.77. The van der Waals surface area contributed by atoms with E-state index in [-0.39, 0.29) is 5.75 Å². The predicted octanol–water partition coefficient (Wildman–Crippen LogP) is 0.697. The molecule has 0 aliphatic heterocycles. The number of nitrogens with zero attached hydrogens (tertiary/aromatic N) is 4. The Bertz CT molecular complexity index is 550. The number of carboxylic acids is 1.